The molecule has 1 aliphatic heterocycles. The van der Waals surface area contributed by atoms with Gasteiger partial charge in [-0.3, -0.25) is 0 Å². The van der Waals surface area contributed by atoms with Gasteiger partial charge in [-0.1, -0.05) is 67.9 Å². The van der Waals surface area contributed by atoms with Crippen molar-refractivity contribution >= 4 is 8.80 Å². The molecule has 0 amide bonds. The zero-order chi connectivity index (χ0) is 25.7. The summed E-state index contributed by atoms with van der Waals surface area (Å²) >= 11 is 0. The van der Waals surface area contributed by atoms with Gasteiger partial charge in [-0.2, -0.15) is 8.78 Å². The van der Waals surface area contributed by atoms with Crippen molar-refractivity contribution in [2.24, 2.45) is 0 Å². The second-order valence-electron chi connectivity index (χ2n) is 9.71. The van der Waals surface area contributed by atoms with Gasteiger partial charge >= 0.3 is 6.61 Å². The van der Waals surface area contributed by atoms with Crippen molar-refractivity contribution in [2.75, 3.05) is 0 Å². The summed E-state index contributed by atoms with van der Waals surface area (Å²) in [5.41, 5.74) is 3.67. The van der Waals surface area contributed by atoms with Crippen LogP contribution in [0.2, 0.25) is 18.1 Å². The van der Waals surface area contributed by atoms with Gasteiger partial charge in [0, 0.05) is 14.4 Å². The third-order valence-electron chi connectivity index (χ3n) is 7.24. The minimum atomic E-state index is -3.30. The fourth-order valence-electron chi connectivity index (χ4n) is 5.31. The zero-order valence-electron chi connectivity index (χ0n) is 20.4. The molecule has 0 N–H and O–H groups in total. The van der Waals surface area contributed by atoms with Crippen LogP contribution in [0.4, 0.5) is 22.0 Å². The lowest BCUT2D eigenvalue weighted by molar-refractivity contribution is -0.0546. The zero-order valence-corrected chi connectivity index (χ0v) is 21.5. The summed E-state index contributed by atoms with van der Waals surface area (Å²) in [6, 6.07) is 19.2. The van der Waals surface area contributed by atoms with Crippen molar-refractivity contribution in [3.8, 4) is 16.9 Å². The van der Waals surface area contributed by atoms with Crippen molar-refractivity contribution in [1.29, 1.82) is 0 Å². The molecule has 4 rings (SSSR count). The fourth-order valence-corrected chi connectivity index (χ4v) is 8.74. The van der Waals surface area contributed by atoms with Gasteiger partial charge in [0.25, 0.3) is 0 Å². The predicted octanol–water partition coefficient (Wildman–Crippen LogP) is 8.67. The highest BCUT2D eigenvalue weighted by atomic mass is 28.3. The first-order valence-electron chi connectivity index (χ1n) is 12.7. The van der Waals surface area contributed by atoms with Crippen molar-refractivity contribution in [3.63, 3.8) is 0 Å². The number of benzene rings is 3. The summed E-state index contributed by atoms with van der Waals surface area (Å²) in [5, 5.41) is 0. The van der Waals surface area contributed by atoms with E-state index in [4.69, 9.17) is 0 Å². The first-order valence-corrected chi connectivity index (χ1v) is 15.1. The van der Waals surface area contributed by atoms with Crippen LogP contribution in [-0.2, 0) is 12.8 Å². The topological polar surface area (TPSA) is 9.23 Å². The molecular weight excluding hydrogens is 487 g/mol. The monoisotopic (exact) mass is 518 g/mol. The third-order valence-corrected chi connectivity index (χ3v) is 10.9. The van der Waals surface area contributed by atoms with E-state index in [2.05, 4.69) is 17.7 Å². The summed E-state index contributed by atoms with van der Waals surface area (Å²) in [5.74, 6) is -3.14. The summed E-state index contributed by atoms with van der Waals surface area (Å²) in [6.07, 6.45) is 4.45. The standard InChI is InChI=1S/C29H31F5OSi/c1-2-13-36-14-11-21(12-15-36)23-9-10-24(25(30)18-23)22-7-5-19(6-8-22)3-4-20-16-26(31)28(27(32)17-20)35-29(33)34/h5-10,16-18,21,29,36H,2-4,11-15H2,1H3. The van der Waals surface area contributed by atoms with Crippen LogP contribution >= 0.6 is 0 Å². The van der Waals surface area contributed by atoms with Crippen LogP contribution in [0, 0.1) is 17.5 Å². The molecule has 3 aromatic rings. The summed E-state index contributed by atoms with van der Waals surface area (Å²) in [6.45, 7) is -1.04. The molecule has 7 heteroatoms. The SMILES string of the molecule is CCC[SiH]1CCC(c2ccc(-c3ccc(CCc4cc(F)c(OC(F)F)c(F)c4)cc3)c(F)c2)CC1. The van der Waals surface area contributed by atoms with Crippen LogP contribution in [-0.4, -0.2) is 15.4 Å². The molecule has 1 fully saturated rings. The van der Waals surface area contributed by atoms with Crippen LogP contribution in [0.25, 0.3) is 11.1 Å². The normalized spacial score (nSPS) is 18.0. The Morgan fingerprint density at radius 3 is 2.06 bits per heavy atom. The van der Waals surface area contributed by atoms with E-state index in [9.17, 15) is 17.6 Å². The van der Waals surface area contributed by atoms with Crippen molar-refractivity contribution in [1.82, 2.24) is 0 Å². The van der Waals surface area contributed by atoms with E-state index in [1.807, 2.05) is 30.3 Å². The molecule has 0 saturated carbocycles. The quantitative estimate of drug-likeness (QED) is 0.203. The third kappa shape index (κ3) is 6.55. The molecule has 0 atom stereocenters. The summed E-state index contributed by atoms with van der Waals surface area (Å²) in [7, 11) is -0.567. The minimum Gasteiger partial charge on any atom is -0.429 e. The Bertz CT molecular complexity index is 1130. The highest BCUT2D eigenvalue weighted by Crippen LogP contribution is 2.36. The first-order chi connectivity index (χ1) is 17.3. The van der Waals surface area contributed by atoms with Gasteiger partial charge in [0.15, 0.2) is 17.4 Å². The summed E-state index contributed by atoms with van der Waals surface area (Å²) < 4.78 is 71.4. The Labute approximate surface area is 210 Å². The van der Waals surface area contributed by atoms with E-state index in [1.165, 1.54) is 37.4 Å². The maximum absolute atomic E-state index is 15.0. The molecule has 192 valence electrons. The van der Waals surface area contributed by atoms with Crippen LogP contribution in [0.5, 0.6) is 5.75 Å². The average molecular weight is 519 g/mol. The van der Waals surface area contributed by atoms with E-state index in [-0.39, 0.29) is 5.82 Å². The lowest BCUT2D eigenvalue weighted by Gasteiger charge is -2.28. The number of ether oxygens (including phenoxy) is 1. The van der Waals surface area contributed by atoms with E-state index in [1.54, 1.807) is 6.07 Å². The molecule has 0 aliphatic carbocycles. The Morgan fingerprint density at radius 2 is 1.47 bits per heavy atom. The maximum Gasteiger partial charge on any atom is 0.387 e. The maximum atomic E-state index is 15.0. The van der Waals surface area contributed by atoms with Gasteiger partial charge in [-0.25, -0.2) is 13.2 Å². The molecule has 0 bridgehead atoms. The highest BCUT2D eigenvalue weighted by Gasteiger charge is 2.23. The molecular formula is C29H31F5OSi. The fraction of sp³-hybridized carbons (Fsp3) is 0.379. The van der Waals surface area contributed by atoms with Crippen LogP contribution in [0.1, 0.15) is 48.8 Å². The van der Waals surface area contributed by atoms with E-state index >= 15 is 4.39 Å². The van der Waals surface area contributed by atoms with Gasteiger partial charge in [0.1, 0.15) is 5.82 Å². The number of rotatable bonds is 9. The number of alkyl halides is 2. The van der Waals surface area contributed by atoms with E-state index in [0.717, 1.165) is 28.8 Å². The van der Waals surface area contributed by atoms with Gasteiger partial charge in [-0.05, 0) is 72.1 Å². The second-order valence-corrected chi connectivity index (χ2v) is 13.2. The lowest BCUT2D eigenvalue weighted by Crippen LogP contribution is -2.20. The number of hydrogen-bond acceptors (Lipinski definition) is 1. The molecule has 1 nitrogen and oxygen atoms in total. The van der Waals surface area contributed by atoms with Gasteiger partial charge in [-0.15, -0.1) is 0 Å². The predicted molar refractivity (Wildman–Crippen MR) is 136 cm³/mol. The Morgan fingerprint density at radius 1 is 0.833 bits per heavy atom. The first kappa shape index (κ1) is 26.4. The molecule has 0 aromatic heterocycles. The molecule has 36 heavy (non-hydrogen) atoms. The van der Waals surface area contributed by atoms with Crippen molar-refractivity contribution < 1.29 is 26.7 Å². The Balaban J connectivity index is 1.38. The largest absolute Gasteiger partial charge is 0.429 e. The lowest BCUT2D eigenvalue weighted by atomic mass is 9.91. The Kier molecular flexibility index (Phi) is 8.83. The summed E-state index contributed by atoms with van der Waals surface area (Å²) in [4.78, 5) is 0. The number of aryl methyl sites for hydroxylation is 2. The molecule has 1 aliphatic rings. The number of hydrogen-bond donors (Lipinski definition) is 0. The molecule has 0 spiro atoms. The van der Waals surface area contributed by atoms with E-state index < -0.39 is 32.8 Å². The van der Waals surface area contributed by atoms with Gasteiger partial charge in [0.05, 0.1) is 0 Å². The van der Waals surface area contributed by atoms with Crippen LogP contribution in [0.3, 0.4) is 0 Å². The number of halogens is 5. The van der Waals surface area contributed by atoms with Gasteiger partial charge in [0.2, 0.25) is 0 Å². The van der Waals surface area contributed by atoms with Gasteiger partial charge < -0.3 is 4.74 Å². The molecule has 1 heterocycles. The molecule has 0 radical (unpaired) electrons. The Hall–Kier alpha value is -2.67. The molecule has 1 saturated heterocycles. The van der Waals surface area contributed by atoms with Crippen molar-refractivity contribution in [2.45, 2.75) is 69.7 Å². The smallest absolute Gasteiger partial charge is 0.387 e. The molecule has 0 unspecified atom stereocenters. The van der Waals surface area contributed by atoms with Crippen LogP contribution < -0.4 is 4.74 Å². The van der Waals surface area contributed by atoms with Crippen molar-refractivity contribution in [3.05, 3.63) is 88.7 Å². The van der Waals surface area contributed by atoms with E-state index in [0.29, 0.717) is 29.9 Å². The highest BCUT2D eigenvalue weighted by molar-refractivity contribution is 6.59. The second kappa shape index (κ2) is 12.0. The van der Waals surface area contributed by atoms with Crippen LogP contribution in [0.15, 0.2) is 54.6 Å². The molecule has 3 aromatic carbocycles. The minimum absolute atomic E-state index is 0.217. The average Bonchev–Trinajstić information content (AvgIpc) is 2.86.